The summed E-state index contributed by atoms with van der Waals surface area (Å²) in [5.74, 6) is 0. The molecule has 1 fully saturated rings. The highest BCUT2D eigenvalue weighted by Crippen LogP contribution is 2.28. The average Bonchev–Trinajstić information content (AvgIpc) is 2.75. The zero-order valence-electron chi connectivity index (χ0n) is 9.34. The Morgan fingerprint density at radius 3 is 2.54 bits per heavy atom. The van der Waals surface area contributed by atoms with Gasteiger partial charge in [-0.15, -0.1) is 0 Å². The smallest absolute Gasteiger partial charge is 0.102 e. The van der Waals surface area contributed by atoms with Gasteiger partial charge in [0.1, 0.15) is 6.10 Å². The molecule has 0 aliphatic carbocycles. The lowest BCUT2D eigenvalue weighted by molar-refractivity contribution is 0.375. The van der Waals surface area contributed by atoms with E-state index < -0.39 is 8.07 Å². The summed E-state index contributed by atoms with van der Waals surface area (Å²) in [6, 6.07) is 0. The van der Waals surface area contributed by atoms with E-state index in [1.54, 1.807) is 0 Å². The van der Waals surface area contributed by atoms with Gasteiger partial charge in [-0.3, -0.25) is 0 Å². The van der Waals surface area contributed by atoms with Crippen molar-refractivity contribution in [2.45, 2.75) is 58.0 Å². The van der Waals surface area contributed by atoms with E-state index >= 15 is 0 Å². The molecule has 1 rings (SSSR count). The summed E-state index contributed by atoms with van der Waals surface area (Å²) >= 11 is 0. The van der Waals surface area contributed by atoms with Crippen LogP contribution in [0.5, 0.6) is 0 Å². The lowest BCUT2D eigenvalue weighted by atomic mass is 10.1. The molecule has 0 spiro atoms. The first kappa shape index (κ1) is 11.0. The first-order chi connectivity index (χ1) is 6.03. The Bertz CT molecular complexity index is 181. The van der Waals surface area contributed by atoms with E-state index in [1.165, 1.54) is 19.3 Å². The molecule has 2 heteroatoms. The normalized spacial score (nSPS) is 28.3. The van der Waals surface area contributed by atoms with Crippen molar-refractivity contribution in [1.82, 2.24) is 0 Å². The summed E-state index contributed by atoms with van der Waals surface area (Å²) in [5.41, 5.74) is 2.39. The van der Waals surface area contributed by atoms with Crippen molar-refractivity contribution in [3.8, 4) is 0 Å². The summed E-state index contributed by atoms with van der Waals surface area (Å²) in [6.45, 7) is 9.29. The molecule has 1 nitrogen and oxygen atoms in total. The lowest BCUT2D eigenvalue weighted by Crippen LogP contribution is -2.15. The van der Waals surface area contributed by atoms with Crippen LogP contribution in [-0.4, -0.2) is 20.3 Å². The van der Waals surface area contributed by atoms with E-state index in [-0.39, 0.29) is 0 Å². The van der Waals surface area contributed by atoms with Gasteiger partial charge < -0.3 is 4.74 Å². The number of unbranched alkanes of at least 4 members (excludes halogenated alkanes) is 1. The standard InChI is InChI=1S/C11H22OSi/c1-5-6-7-10-11(12-10)8-9-13(2,3)4/h8-11H,5-7H2,1-4H3/b9-8+/t10-,11-/m1/s1. The van der Waals surface area contributed by atoms with E-state index in [0.717, 1.165) is 0 Å². The molecule has 0 aromatic carbocycles. The van der Waals surface area contributed by atoms with Gasteiger partial charge in [0, 0.05) is 0 Å². The fourth-order valence-corrected chi connectivity index (χ4v) is 2.11. The van der Waals surface area contributed by atoms with Crippen molar-refractivity contribution in [2.75, 3.05) is 0 Å². The van der Waals surface area contributed by atoms with Crippen LogP contribution >= 0.6 is 0 Å². The monoisotopic (exact) mass is 198 g/mol. The van der Waals surface area contributed by atoms with E-state index in [4.69, 9.17) is 4.74 Å². The predicted octanol–water partition coefficient (Wildman–Crippen LogP) is 3.38. The second kappa shape index (κ2) is 4.42. The highest BCUT2D eigenvalue weighted by Gasteiger charge is 2.35. The number of hydrogen-bond donors (Lipinski definition) is 0. The summed E-state index contributed by atoms with van der Waals surface area (Å²) in [5, 5.41) is 0. The van der Waals surface area contributed by atoms with E-state index in [2.05, 4.69) is 38.3 Å². The summed E-state index contributed by atoms with van der Waals surface area (Å²) in [7, 11) is -1.00. The highest BCUT2D eigenvalue weighted by atomic mass is 28.3. The van der Waals surface area contributed by atoms with Crippen molar-refractivity contribution in [3.63, 3.8) is 0 Å². The van der Waals surface area contributed by atoms with Gasteiger partial charge in [-0.25, -0.2) is 0 Å². The zero-order valence-corrected chi connectivity index (χ0v) is 10.3. The molecule has 1 aliphatic rings. The maximum atomic E-state index is 5.55. The Labute approximate surface area is 83.2 Å². The van der Waals surface area contributed by atoms with Crippen molar-refractivity contribution in [1.29, 1.82) is 0 Å². The van der Waals surface area contributed by atoms with Crippen LogP contribution in [0.1, 0.15) is 26.2 Å². The molecule has 0 amide bonds. The molecule has 0 aromatic rings. The van der Waals surface area contributed by atoms with Gasteiger partial charge in [-0.2, -0.15) is 0 Å². The molecule has 0 saturated carbocycles. The SMILES string of the molecule is CCCC[C@H]1O[C@@H]1/C=C/[Si](C)(C)C. The van der Waals surface area contributed by atoms with Crippen LogP contribution in [0.3, 0.4) is 0 Å². The molecule has 1 aliphatic heterocycles. The molecule has 0 aromatic heterocycles. The first-order valence-electron chi connectivity index (χ1n) is 5.38. The quantitative estimate of drug-likeness (QED) is 0.487. The van der Waals surface area contributed by atoms with Crippen molar-refractivity contribution in [2.24, 2.45) is 0 Å². The molecule has 0 unspecified atom stereocenters. The molecule has 13 heavy (non-hydrogen) atoms. The van der Waals surface area contributed by atoms with Gasteiger partial charge in [0.05, 0.1) is 14.2 Å². The van der Waals surface area contributed by atoms with E-state index in [0.29, 0.717) is 12.2 Å². The second-order valence-corrected chi connectivity index (χ2v) is 10.1. The van der Waals surface area contributed by atoms with Crippen LogP contribution in [0.25, 0.3) is 0 Å². The minimum absolute atomic E-state index is 0.457. The number of epoxide rings is 1. The Balaban J connectivity index is 2.17. The van der Waals surface area contributed by atoms with Crippen molar-refractivity contribution >= 4 is 8.07 Å². The van der Waals surface area contributed by atoms with Crippen LogP contribution in [0.4, 0.5) is 0 Å². The Morgan fingerprint density at radius 1 is 1.31 bits per heavy atom. The molecule has 0 N–H and O–H groups in total. The summed E-state index contributed by atoms with van der Waals surface area (Å²) < 4.78 is 5.55. The second-order valence-electron chi connectivity index (χ2n) is 5.01. The maximum absolute atomic E-state index is 5.55. The fourth-order valence-electron chi connectivity index (χ4n) is 1.35. The highest BCUT2D eigenvalue weighted by molar-refractivity contribution is 6.80. The van der Waals surface area contributed by atoms with Crippen molar-refractivity contribution < 1.29 is 4.74 Å². The molecule has 0 radical (unpaired) electrons. The van der Waals surface area contributed by atoms with Crippen LogP contribution in [0.2, 0.25) is 19.6 Å². The van der Waals surface area contributed by atoms with Gasteiger partial charge in [0.2, 0.25) is 0 Å². The largest absolute Gasteiger partial charge is 0.365 e. The lowest BCUT2D eigenvalue weighted by Gasteiger charge is -2.06. The number of ether oxygens (including phenoxy) is 1. The van der Waals surface area contributed by atoms with Gasteiger partial charge >= 0.3 is 0 Å². The molecule has 76 valence electrons. The number of hydrogen-bond acceptors (Lipinski definition) is 1. The van der Waals surface area contributed by atoms with E-state index in [1.807, 2.05) is 0 Å². The summed E-state index contributed by atoms with van der Waals surface area (Å²) in [4.78, 5) is 0. The van der Waals surface area contributed by atoms with Crippen LogP contribution in [0, 0.1) is 0 Å². The number of rotatable bonds is 5. The van der Waals surface area contributed by atoms with Crippen LogP contribution in [0.15, 0.2) is 11.8 Å². The molecule has 1 heterocycles. The van der Waals surface area contributed by atoms with Gasteiger partial charge in [0.15, 0.2) is 0 Å². The van der Waals surface area contributed by atoms with E-state index in [9.17, 15) is 0 Å². The fraction of sp³-hybridized carbons (Fsp3) is 0.818. The molecule has 2 atom stereocenters. The molecule has 1 saturated heterocycles. The minimum Gasteiger partial charge on any atom is -0.365 e. The Kier molecular flexibility index (Phi) is 3.74. The average molecular weight is 198 g/mol. The van der Waals surface area contributed by atoms with Crippen LogP contribution < -0.4 is 0 Å². The van der Waals surface area contributed by atoms with Crippen LogP contribution in [-0.2, 0) is 4.74 Å². The maximum Gasteiger partial charge on any atom is 0.102 e. The molecular weight excluding hydrogens is 176 g/mol. The molecular formula is C11H22OSi. The molecule has 0 bridgehead atoms. The zero-order chi connectivity index (χ0) is 9.90. The van der Waals surface area contributed by atoms with Crippen molar-refractivity contribution in [3.05, 3.63) is 11.8 Å². The van der Waals surface area contributed by atoms with Gasteiger partial charge in [-0.1, -0.05) is 51.2 Å². The third kappa shape index (κ3) is 4.63. The van der Waals surface area contributed by atoms with Gasteiger partial charge in [-0.05, 0) is 6.42 Å². The third-order valence-electron chi connectivity index (χ3n) is 2.25. The summed E-state index contributed by atoms with van der Waals surface area (Å²) in [6.07, 6.45) is 7.13. The predicted molar refractivity (Wildman–Crippen MR) is 60.7 cm³/mol. The third-order valence-corrected chi connectivity index (χ3v) is 3.44. The Hall–Kier alpha value is -0.0831. The Morgan fingerprint density at radius 2 is 2.00 bits per heavy atom. The topological polar surface area (TPSA) is 12.5 Å². The minimum atomic E-state index is -1.00. The van der Waals surface area contributed by atoms with Gasteiger partial charge in [0.25, 0.3) is 0 Å². The first-order valence-corrected chi connectivity index (χ1v) is 8.95.